The van der Waals surface area contributed by atoms with Crippen molar-refractivity contribution >= 4 is 35.9 Å². The number of pyridine rings is 1. The number of imidazole rings is 1. The Bertz CT molecular complexity index is 922. The maximum atomic E-state index is 4.88. The van der Waals surface area contributed by atoms with Gasteiger partial charge < -0.3 is 15.1 Å². The minimum atomic E-state index is 0. The van der Waals surface area contributed by atoms with Crippen LogP contribution in [0.5, 0.6) is 0 Å². The summed E-state index contributed by atoms with van der Waals surface area (Å²) >= 11 is 0. The molecule has 3 aromatic rings. The fourth-order valence-corrected chi connectivity index (χ4v) is 3.33. The number of aromatic nitrogens is 5. The van der Waals surface area contributed by atoms with Gasteiger partial charge in [-0.3, -0.25) is 4.57 Å². The second-order valence-electron chi connectivity index (χ2n) is 6.65. The van der Waals surface area contributed by atoms with Gasteiger partial charge in [0.1, 0.15) is 12.1 Å². The van der Waals surface area contributed by atoms with Crippen LogP contribution in [0, 0.1) is 0 Å². The van der Waals surface area contributed by atoms with Gasteiger partial charge in [-0.2, -0.15) is 0 Å². The third-order valence-electron chi connectivity index (χ3n) is 4.76. The number of guanidine groups is 1. The van der Waals surface area contributed by atoms with E-state index in [9.17, 15) is 0 Å². The predicted octanol–water partition coefficient (Wildman–Crippen LogP) is 1.96. The number of halogens is 1. The zero-order valence-corrected chi connectivity index (χ0v) is 19.3. The highest BCUT2D eigenvalue weighted by Gasteiger charge is 2.21. The molecule has 1 aliphatic rings. The lowest BCUT2D eigenvalue weighted by molar-refractivity contribution is 0.370. The van der Waals surface area contributed by atoms with Crippen LogP contribution >= 0.6 is 24.0 Å². The van der Waals surface area contributed by atoms with E-state index in [4.69, 9.17) is 4.99 Å². The molecule has 1 fully saturated rings. The number of nitrogens with zero attached hydrogens (tertiary/aromatic N) is 8. The molecule has 30 heavy (non-hydrogen) atoms. The molecule has 10 heteroatoms. The first-order valence-electron chi connectivity index (χ1n) is 9.82. The summed E-state index contributed by atoms with van der Waals surface area (Å²) in [5, 5.41) is 3.42. The van der Waals surface area contributed by atoms with E-state index in [-0.39, 0.29) is 24.0 Å². The van der Waals surface area contributed by atoms with E-state index in [1.165, 1.54) is 0 Å². The third-order valence-corrected chi connectivity index (χ3v) is 4.76. The largest absolute Gasteiger partial charge is 0.357 e. The van der Waals surface area contributed by atoms with Crippen molar-refractivity contribution in [3.8, 4) is 5.82 Å². The molecule has 1 aliphatic heterocycles. The van der Waals surface area contributed by atoms with Crippen molar-refractivity contribution < 1.29 is 0 Å². The summed E-state index contributed by atoms with van der Waals surface area (Å²) in [6, 6.07) is 5.84. The molecule has 1 N–H and O–H groups in total. The summed E-state index contributed by atoms with van der Waals surface area (Å²) in [6.45, 7) is 6.92. The molecule has 4 rings (SSSR count). The van der Waals surface area contributed by atoms with Crippen LogP contribution in [-0.4, -0.2) is 68.1 Å². The molecule has 0 saturated carbocycles. The molecule has 3 aromatic heterocycles. The number of rotatable bonds is 5. The summed E-state index contributed by atoms with van der Waals surface area (Å²) in [6.07, 6.45) is 10.8. The Morgan fingerprint density at radius 1 is 1.03 bits per heavy atom. The Morgan fingerprint density at radius 3 is 2.50 bits per heavy atom. The molecular formula is C20H26IN9. The minimum absolute atomic E-state index is 0. The van der Waals surface area contributed by atoms with Crippen LogP contribution in [0.3, 0.4) is 0 Å². The number of hydrogen-bond acceptors (Lipinski definition) is 6. The van der Waals surface area contributed by atoms with E-state index in [2.05, 4.69) is 48.0 Å². The monoisotopic (exact) mass is 519 g/mol. The Labute approximate surface area is 193 Å². The lowest BCUT2D eigenvalue weighted by Crippen LogP contribution is -2.53. The average molecular weight is 519 g/mol. The van der Waals surface area contributed by atoms with Crippen LogP contribution < -0.4 is 10.2 Å². The summed E-state index contributed by atoms with van der Waals surface area (Å²) in [5.74, 6) is 2.56. The first-order valence-corrected chi connectivity index (χ1v) is 9.82. The van der Waals surface area contributed by atoms with Crippen molar-refractivity contribution in [1.82, 2.24) is 34.7 Å². The Balaban J connectivity index is 0.00000256. The zero-order valence-electron chi connectivity index (χ0n) is 16.9. The van der Waals surface area contributed by atoms with Crippen molar-refractivity contribution in [3.05, 3.63) is 61.1 Å². The maximum Gasteiger partial charge on any atom is 0.225 e. The van der Waals surface area contributed by atoms with Gasteiger partial charge in [-0.15, -0.1) is 24.0 Å². The SMILES string of the molecule is CCNC(=NCc1cccnc1-n1ccnc1)N1CCN(c2ncccn2)CC1.I. The van der Waals surface area contributed by atoms with Crippen LogP contribution in [0.25, 0.3) is 5.82 Å². The van der Waals surface area contributed by atoms with Crippen molar-refractivity contribution in [1.29, 1.82) is 0 Å². The summed E-state index contributed by atoms with van der Waals surface area (Å²) < 4.78 is 1.91. The number of hydrogen-bond donors (Lipinski definition) is 1. The van der Waals surface area contributed by atoms with Crippen molar-refractivity contribution in [3.63, 3.8) is 0 Å². The fourth-order valence-electron chi connectivity index (χ4n) is 3.33. The van der Waals surface area contributed by atoms with Crippen molar-refractivity contribution in [2.45, 2.75) is 13.5 Å². The molecule has 158 valence electrons. The molecule has 0 spiro atoms. The van der Waals surface area contributed by atoms with Gasteiger partial charge >= 0.3 is 0 Å². The summed E-state index contributed by atoms with van der Waals surface area (Å²) in [7, 11) is 0. The standard InChI is InChI=1S/C20H25N9.HI/c1-2-22-19(27-11-13-28(14-12-27)20-24-7-4-8-25-20)26-15-17-5-3-6-23-18(17)29-10-9-21-16-29;/h3-10,16H,2,11-15H2,1H3,(H,22,26);1H. The highest BCUT2D eigenvalue weighted by atomic mass is 127. The summed E-state index contributed by atoms with van der Waals surface area (Å²) in [4.78, 5) is 26.7. The molecule has 4 heterocycles. The van der Waals surface area contributed by atoms with E-state index < -0.39 is 0 Å². The number of piperazine rings is 1. The molecule has 0 bridgehead atoms. The van der Waals surface area contributed by atoms with Gasteiger partial charge in [0.2, 0.25) is 5.95 Å². The van der Waals surface area contributed by atoms with Gasteiger partial charge in [0.25, 0.3) is 0 Å². The van der Waals surface area contributed by atoms with Crippen molar-refractivity contribution in [2.75, 3.05) is 37.6 Å². The molecule has 0 amide bonds. The van der Waals surface area contributed by atoms with Crippen LogP contribution in [0.2, 0.25) is 0 Å². The van der Waals surface area contributed by atoms with Gasteiger partial charge in [0.15, 0.2) is 5.96 Å². The van der Waals surface area contributed by atoms with Crippen LogP contribution in [0.4, 0.5) is 5.95 Å². The Hall–Kier alpha value is -2.76. The molecule has 0 aromatic carbocycles. The average Bonchev–Trinajstić information content (AvgIpc) is 3.32. The normalized spacial score (nSPS) is 14.4. The second kappa shape index (κ2) is 10.9. The van der Waals surface area contributed by atoms with Gasteiger partial charge in [-0.25, -0.2) is 24.9 Å². The maximum absolute atomic E-state index is 4.88. The topological polar surface area (TPSA) is 87.4 Å². The Kier molecular flexibility index (Phi) is 7.94. The van der Waals surface area contributed by atoms with Crippen molar-refractivity contribution in [2.24, 2.45) is 4.99 Å². The van der Waals surface area contributed by atoms with E-state index >= 15 is 0 Å². The quantitative estimate of drug-likeness (QED) is 0.313. The number of aliphatic imine (C=N–C) groups is 1. The first-order chi connectivity index (χ1) is 14.3. The van der Waals surface area contributed by atoms with E-state index in [1.807, 2.05) is 22.9 Å². The van der Waals surface area contributed by atoms with Gasteiger partial charge in [0.05, 0.1) is 6.54 Å². The number of anilines is 1. The van der Waals surface area contributed by atoms with Gasteiger partial charge in [0, 0.05) is 69.3 Å². The van der Waals surface area contributed by atoms with Crippen LogP contribution in [-0.2, 0) is 6.54 Å². The molecule has 0 aliphatic carbocycles. The molecule has 1 saturated heterocycles. The first kappa shape index (κ1) is 21.9. The Morgan fingerprint density at radius 2 is 1.80 bits per heavy atom. The highest BCUT2D eigenvalue weighted by Crippen LogP contribution is 2.13. The third kappa shape index (κ3) is 5.23. The van der Waals surface area contributed by atoms with E-state index in [0.717, 1.165) is 56.0 Å². The molecule has 0 radical (unpaired) electrons. The van der Waals surface area contributed by atoms with Gasteiger partial charge in [-0.1, -0.05) is 6.07 Å². The lowest BCUT2D eigenvalue weighted by Gasteiger charge is -2.36. The minimum Gasteiger partial charge on any atom is -0.357 e. The smallest absolute Gasteiger partial charge is 0.225 e. The molecular weight excluding hydrogens is 493 g/mol. The molecule has 9 nitrogen and oxygen atoms in total. The predicted molar refractivity (Wildman–Crippen MR) is 127 cm³/mol. The van der Waals surface area contributed by atoms with E-state index in [1.54, 1.807) is 31.1 Å². The lowest BCUT2D eigenvalue weighted by atomic mass is 10.2. The fraction of sp³-hybridized carbons (Fsp3) is 0.350. The molecule has 0 unspecified atom stereocenters. The second-order valence-corrected chi connectivity index (χ2v) is 6.65. The highest BCUT2D eigenvalue weighted by molar-refractivity contribution is 14.0. The summed E-state index contributed by atoms with van der Waals surface area (Å²) in [5.41, 5.74) is 1.05. The van der Waals surface area contributed by atoms with Gasteiger partial charge in [-0.05, 0) is 19.1 Å². The van der Waals surface area contributed by atoms with Crippen LogP contribution in [0.1, 0.15) is 12.5 Å². The van der Waals surface area contributed by atoms with E-state index in [0.29, 0.717) is 6.54 Å². The zero-order chi connectivity index (χ0) is 19.9. The molecule has 0 atom stereocenters. The van der Waals surface area contributed by atoms with Crippen LogP contribution in [0.15, 0.2) is 60.5 Å². The number of nitrogens with one attached hydrogen (secondary N) is 1.